The lowest BCUT2D eigenvalue weighted by molar-refractivity contribution is 0.0955. The van der Waals surface area contributed by atoms with Crippen molar-refractivity contribution >= 4 is 23.5 Å². The van der Waals surface area contributed by atoms with Gasteiger partial charge in [-0.15, -0.1) is 11.3 Å². The Hall–Kier alpha value is -2.80. The highest BCUT2D eigenvalue weighted by Gasteiger charge is 2.06. The van der Waals surface area contributed by atoms with E-state index in [1.54, 1.807) is 18.2 Å². The molecule has 25 heavy (non-hydrogen) atoms. The third kappa shape index (κ3) is 4.39. The molecule has 3 rings (SSSR count). The predicted molar refractivity (Wildman–Crippen MR) is 96.6 cm³/mol. The van der Waals surface area contributed by atoms with E-state index < -0.39 is 0 Å². The van der Waals surface area contributed by atoms with E-state index in [2.05, 4.69) is 15.6 Å². The van der Waals surface area contributed by atoms with Gasteiger partial charge >= 0.3 is 0 Å². The average molecular weight is 356 g/mol. The molecule has 1 amide bonds. The summed E-state index contributed by atoms with van der Waals surface area (Å²) in [5, 5.41) is 7.98. The maximum atomic E-state index is 12.9. The molecule has 5 nitrogen and oxygen atoms in total. The molecular formula is C18H17FN4OS. The molecule has 2 heterocycles. The van der Waals surface area contributed by atoms with Crippen molar-refractivity contribution in [2.45, 2.75) is 20.4 Å². The summed E-state index contributed by atoms with van der Waals surface area (Å²) >= 11 is 0.965. The lowest BCUT2D eigenvalue weighted by Crippen LogP contribution is -2.17. The van der Waals surface area contributed by atoms with Crippen molar-refractivity contribution in [2.75, 3.05) is 0 Å². The molecule has 0 aliphatic rings. The Balaban J connectivity index is 1.60. The van der Waals surface area contributed by atoms with Gasteiger partial charge in [0.25, 0.3) is 5.91 Å². The molecule has 3 aromatic rings. The van der Waals surface area contributed by atoms with Crippen LogP contribution in [0.3, 0.4) is 0 Å². The summed E-state index contributed by atoms with van der Waals surface area (Å²) in [7, 11) is 0. The van der Waals surface area contributed by atoms with Crippen molar-refractivity contribution in [2.24, 2.45) is 5.10 Å². The zero-order valence-electron chi connectivity index (χ0n) is 13.9. The number of nitrogens with one attached hydrogen (secondary N) is 1. The number of amides is 1. The Kier molecular flexibility index (Phi) is 5.04. The fraction of sp³-hybridized carbons (Fsp3) is 0.167. The van der Waals surface area contributed by atoms with Gasteiger partial charge in [0.1, 0.15) is 0 Å². The number of thiophene rings is 1. The second kappa shape index (κ2) is 7.40. The summed E-state index contributed by atoms with van der Waals surface area (Å²) in [6.07, 6.45) is 1.42. The van der Waals surface area contributed by atoms with Gasteiger partial charge in [0, 0.05) is 11.3 Å². The Bertz CT molecular complexity index is 912. The average Bonchev–Trinajstić information content (AvgIpc) is 3.13. The zero-order chi connectivity index (χ0) is 17.8. The van der Waals surface area contributed by atoms with Crippen LogP contribution in [0.5, 0.6) is 0 Å². The van der Waals surface area contributed by atoms with E-state index in [-0.39, 0.29) is 11.0 Å². The third-order valence-corrected chi connectivity index (χ3v) is 4.41. The van der Waals surface area contributed by atoms with Crippen molar-refractivity contribution in [3.05, 3.63) is 75.0 Å². The predicted octanol–water partition coefficient (Wildman–Crippen LogP) is 3.51. The molecule has 128 valence electrons. The minimum absolute atomic E-state index is 0.286. The van der Waals surface area contributed by atoms with Crippen LogP contribution in [0.1, 0.15) is 32.2 Å². The van der Waals surface area contributed by atoms with E-state index in [0.29, 0.717) is 17.0 Å². The quantitative estimate of drug-likeness (QED) is 0.562. The van der Waals surface area contributed by atoms with Crippen LogP contribution in [-0.4, -0.2) is 21.9 Å². The first-order valence-electron chi connectivity index (χ1n) is 7.70. The van der Waals surface area contributed by atoms with Gasteiger partial charge in [0.2, 0.25) is 0 Å². The largest absolute Gasteiger partial charge is 0.271 e. The second-order valence-corrected chi connectivity index (χ2v) is 6.69. The van der Waals surface area contributed by atoms with Gasteiger partial charge in [0.15, 0.2) is 5.13 Å². The van der Waals surface area contributed by atoms with Crippen molar-refractivity contribution in [3.8, 4) is 0 Å². The Morgan fingerprint density at radius 3 is 2.64 bits per heavy atom. The molecule has 0 bridgehead atoms. The zero-order valence-corrected chi connectivity index (χ0v) is 14.7. The molecule has 0 fully saturated rings. The van der Waals surface area contributed by atoms with Crippen molar-refractivity contribution < 1.29 is 9.18 Å². The van der Waals surface area contributed by atoms with E-state index in [9.17, 15) is 9.18 Å². The second-order valence-electron chi connectivity index (χ2n) is 5.62. The summed E-state index contributed by atoms with van der Waals surface area (Å²) in [5.41, 5.74) is 6.08. The first-order valence-corrected chi connectivity index (χ1v) is 8.51. The number of hydrogen-bond acceptors (Lipinski definition) is 4. The highest BCUT2D eigenvalue weighted by Crippen LogP contribution is 2.12. The summed E-state index contributed by atoms with van der Waals surface area (Å²) in [5.74, 6) is -0.314. The first kappa shape index (κ1) is 17.0. The SMILES string of the molecule is Cc1cc(C)n(Cc2ccc(C(=O)NN=Cc3ccc(F)s3)cc2)n1. The fourth-order valence-electron chi connectivity index (χ4n) is 2.39. The van der Waals surface area contributed by atoms with Crippen molar-refractivity contribution in [1.82, 2.24) is 15.2 Å². The third-order valence-electron chi connectivity index (χ3n) is 3.60. The van der Waals surface area contributed by atoms with Crippen LogP contribution in [0.25, 0.3) is 0 Å². The molecule has 2 aromatic heterocycles. The minimum Gasteiger partial charge on any atom is -0.267 e. The molecule has 0 saturated carbocycles. The van der Waals surface area contributed by atoms with Crippen LogP contribution >= 0.6 is 11.3 Å². The van der Waals surface area contributed by atoms with Crippen LogP contribution in [0.4, 0.5) is 4.39 Å². The van der Waals surface area contributed by atoms with Gasteiger partial charge in [-0.2, -0.15) is 14.6 Å². The molecule has 0 unspecified atom stereocenters. The number of nitrogens with zero attached hydrogens (tertiary/aromatic N) is 3. The molecule has 1 aromatic carbocycles. The normalized spacial score (nSPS) is 11.2. The number of hydrogen-bond donors (Lipinski definition) is 1. The number of carbonyl (C=O) groups excluding carboxylic acids is 1. The van der Waals surface area contributed by atoms with E-state index in [4.69, 9.17) is 0 Å². The first-order chi connectivity index (χ1) is 12.0. The van der Waals surface area contributed by atoms with Crippen LogP contribution in [0.15, 0.2) is 47.6 Å². The molecule has 0 aliphatic heterocycles. The molecule has 0 aliphatic carbocycles. The van der Waals surface area contributed by atoms with Crippen LogP contribution in [0, 0.1) is 19.0 Å². The molecule has 0 atom stereocenters. The fourth-order valence-corrected chi connectivity index (χ4v) is 2.99. The molecular weight excluding hydrogens is 339 g/mol. The van der Waals surface area contributed by atoms with E-state index >= 15 is 0 Å². The van der Waals surface area contributed by atoms with Gasteiger partial charge in [-0.25, -0.2) is 5.43 Å². The Morgan fingerprint density at radius 2 is 2.04 bits per heavy atom. The van der Waals surface area contributed by atoms with Gasteiger partial charge in [-0.3, -0.25) is 9.48 Å². The number of carbonyl (C=O) groups is 1. The van der Waals surface area contributed by atoms with Crippen molar-refractivity contribution in [3.63, 3.8) is 0 Å². The summed E-state index contributed by atoms with van der Waals surface area (Å²) in [4.78, 5) is 12.7. The molecule has 1 N–H and O–H groups in total. The Morgan fingerprint density at radius 1 is 1.28 bits per heavy atom. The van der Waals surface area contributed by atoms with Gasteiger partial charge in [-0.05, 0) is 49.7 Å². The summed E-state index contributed by atoms with van der Waals surface area (Å²) in [6.45, 7) is 4.63. The van der Waals surface area contributed by atoms with Crippen LogP contribution in [0.2, 0.25) is 0 Å². The van der Waals surface area contributed by atoms with Gasteiger partial charge in [0.05, 0.1) is 23.3 Å². The number of benzene rings is 1. The highest BCUT2D eigenvalue weighted by molar-refractivity contribution is 7.12. The topological polar surface area (TPSA) is 59.3 Å². The highest BCUT2D eigenvalue weighted by atomic mass is 32.1. The lowest BCUT2D eigenvalue weighted by atomic mass is 10.1. The number of aromatic nitrogens is 2. The van der Waals surface area contributed by atoms with E-state index in [1.165, 1.54) is 12.3 Å². The summed E-state index contributed by atoms with van der Waals surface area (Å²) in [6, 6.07) is 12.3. The number of aryl methyl sites for hydroxylation is 2. The maximum Gasteiger partial charge on any atom is 0.271 e. The summed E-state index contributed by atoms with van der Waals surface area (Å²) < 4.78 is 14.8. The molecule has 0 spiro atoms. The van der Waals surface area contributed by atoms with E-state index in [0.717, 1.165) is 28.3 Å². The Labute approximate surface area is 148 Å². The van der Waals surface area contributed by atoms with Crippen LogP contribution in [-0.2, 0) is 6.54 Å². The minimum atomic E-state index is -0.314. The standard InChI is InChI=1S/C18H17FN4OS/c1-12-9-13(2)23(22-12)11-14-3-5-15(6-4-14)18(24)21-20-10-16-7-8-17(19)25-16/h3-10H,11H2,1-2H3,(H,21,24). The van der Waals surface area contributed by atoms with Gasteiger partial charge < -0.3 is 0 Å². The van der Waals surface area contributed by atoms with E-state index in [1.807, 2.05) is 36.7 Å². The van der Waals surface area contributed by atoms with Crippen LogP contribution < -0.4 is 5.43 Å². The number of halogens is 1. The monoisotopic (exact) mass is 356 g/mol. The molecule has 7 heteroatoms. The van der Waals surface area contributed by atoms with Crippen molar-refractivity contribution in [1.29, 1.82) is 0 Å². The molecule has 0 radical (unpaired) electrons. The van der Waals surface area contributed by atoms with Gasteiger partial charge in [-0.1, -0.05) is 12.1 Å². The molecule has 0 saturated heterocycles. The number of rotatable bonds is 5. The lowest BCUT2D eigenvalue weighted by Gasteiger charge is -2.06. The maximum absolute atomic E-state index is 12.9. The number of hydrazone groups is 1. The smallest absolute Gasteiger partial charge is 0.267 e.